The standard InChI is InChI=1S/C10H23NO/c1-9(2)6-4-3-5-7-10(11)8-12/h9-10,12H,3-8,11H2,1-2H3. The molecular weight excluding hydrogens is 150 g/mol. The molecule has 0 aromatic heterocycles. The molecule has 0 aromatic rings. The van der Waals surface area contributed by atoms with Crippen LogP contribution in [-0.4, -0.2) is 17.8 Å². The molecule has 1 atom stereocenters. The van der Waals surface area contributed by atoms with Gasteiger partial charge < -0.3 is 10.8 Å². The molecule has 0 aliphatic rings. The van der Waals surface area contributed by atoms with Gasteiger partial charge in [-0.3, -0.25) is 0 Å². The number of nitrogens with two attached hydrogens (primary N) is 1. The molecule has 0 amide bonds. The molecule has 0 heterocycles. The smallest absolute Gasteiger partial charge is 0.0582 e. The number of aliphatic hydroxyl groups is 1. The molecule has 0 aromatic carbocycles. The van der Waals surface area contributed by atoms with Gasteiger partial charge in [0.1, 0.15) is 0 Å². The van der Waals surface area contributed by atoms with Crippen molar-refractivity contribution in [2.75, 3.05) is 6.61 Å². The van der Waals surface area contributed by atoms with Crippen LogP contribution < -0.4 is 5.73 Å². The molecule has 0 saturated heterocycles. The highest BCUT2D eigenvalue weighted by atomic mass is 16.3. The minimum absolute atomic E-state index is 0.00375. The van der Waals surface area contributed by atoms with E-state index < -0.39 is 0 Å². The summed E-state index contributed by atoms with van der Waals surface area (Å²) >= 11 is 0. The first-order chi connectivity index (χ1) is 5.66. The van der Waals surface area contributed by atoms with E-state index in [1.807, 2.05) is 0 Å². The molecule has 0 fully saturated rings. The summed E-state index contributed by atoms with van der Waals surface area (Å²) in [6.07, 6.45) is 6.00. The molecule has 0 bridgehead atoms. The predicted octanol–water partition coefficient (Wildman–Crippen LogP) is 1.91. The van der Waals surface area contributed by atoms with Crippen LogP contribution in [0.5, 0.6) is 0 Å². The first-order valence-corrected chi connectivity index (χ1v) is 5.03. The molecule has 0 saturated carbocycles. The molecule has 2 nitrogen and oxygen atoms in total. The maximum atomic E-state index is 8.65. The Bertz CT molecular complexity index is 93.8. The van der Waals surface area contributed by atoms with Crippen LogP contribution in [0.4, 0.5) is 0 Å². The maximum Gasteiger partial charge on any atom is 0.0582 e. The van der Waals surface area contributed by atoms with Gasteiger partial charge in [0.25, 0.3) is 0 Å². The Labute approximate surface area is 76.2 Å². The summed E-state index contributed by atoms with van der Waals surface area (Å²) in [5, 5.41) is 8.65. The van der Waals surface area contributed by atoms with E-state index in [2.05, 4.69) is 13.8 Å². The largest absolute Gasteiger partial charge is 0.395 e. The van der Waals surface area contributed by atoms with Crippen molar-refractivity contribution in [2.24, 2.45) is 11.7 Å². The third-order valence-corrected chi connectivity index (χ3v) is 2.09. The average molecular weight is 173 g/mol. The lowest BCUT2D eigenvalue weighted by atomic mass is 10.0. The van der Waals surface area contributed by atoms with Crippen LogP contribution in [0.2, 0.25) is 0 Å². The second-order valence-electron chi connectivity index (χ2n) is 3.97. The Hall–Kier alpha value is -0.0800. The van der Waals surface area contributed by atoms with Gasteiger partial charge in [-0.05, 0) is 12.3 Å². The van der Waals surface area contributed by atoms with Gasteiger partial charge in [-0.15, -0.1) is 0 Å². The van der Waals surface area contributed by atoms with Gasteiger partial charge in [-0.1, -0.05) is 39.5 Å². The van der Waals surface area contributed by atoms with Crippen LogP contribution in [0.1, 0.15) is 46.0 Å². The first-order valence-electron chi connectivity index (χ1n) is 5.03. The van der Waals surface area contributed by atoms with Gasteiger partial charge in [0.05, 0.1) is 6.61 Å². The van der Waals surface area contributed by atoms with Crippen molar-refractivity contribution in [2.45, 2.75) is 52.0 Å². The fraction of sp³-hybridized carbons (Fsp3) is 1.00. The number of hydrogen-bond donors (Lipinski definition) is 2. The average Bonchev–Trinajstić information content (AvgIpc) is 2.03. The van der Waals surface area contributed by atoms with Crippen LogP contribution in [-0.2, 0) is 0 Å². The first kappa shape index (κ1) is 11.9. The van der Waals surface area contributed by atoms with E-state index >= 15 is 0 Å². The maximum absolute atomic E-state index is 8.65. The molecule has 0 radical (unpaired) electrons. The van der Waals surface area contributed by atoms with Crippen LogP contribution in [0.25, 0.3) is 0 Å². The van der Waals surface area contributed by atoms with E-state index in [9.17, 15) is 0 Å². The molecule has 0 aliphatic carbocycles. The summed E-state index contributed by atoms with van der Waals surface area (Å²) in [6, 6.07) is 0.00375. The van der Waals surface area contributed by atoms with Gasteiger partial charge in [-0.2, -0.15) is 0 Å². The lowest BCUT2D eigenvalue weighted by molar-refractivity contribution is 0.257. The van der Waals surface area contributed by atoms with Crippen molar-refractivity contribution < 1.29 is 5.11 Å². The van der Waals surface area contributed by atoms with Crippen molar-refractivity contribution in [3.8, 4) is 0 Å². The molecule has 1 unspecified atom stereocenters. The Balaban J connectivity index is 3.00. The Morgan fingerprint density at radius 3 is 2.17 bits per heavy atom. The van der Waals surface area contributed by atoms with Gasteiger partial charge in [0, 0.05) is 6.04 Å². The van der Waals surface area contributed by atoms with E-state index in [4.69, 9.17) is 10.8 Å². The fourth-order valence-corrected chi connectivity index (χ4v) is 1.23. The van der Waals surface area contributed by atoms with Gasteiger partial charge in [0.2, 0.25) is 0 Å². The molecular formula is C10H23NO. The number of hydrogen-bond acceptors (Lipinski definition) is 2. The molecule has 2 heteroatoms. The quantitative estimate of drug-likeness (QED) is 0.578. The number of aliphatic hydroxyl groups excluding tert-OH is 1. The Morgan fingerprint density at radius 1 is 1.08 bits per heavy atom. The lowest BCUT2D eigenvalue weighted by Gasteiger charge is -2.07. The van der Waals surface area contributed by atoms with Crippen LogP contribution in [0.15, 0.2) is 0 Å². The number of rotatable bonds is 7. The van der Waals surface area contributed by atoms with Crippen LogP contribution in [0, 0.1) is 5.92 Å². The summed E-state index contributed by atoms with van der Waals surface area (Å²) in [4.78, 5) is 0. The molecule has 74 valence electrons. The van der Waals surface area contributed by atoms with Crippen molar-refractivity contribution in [1.82, 2.24) is 0 Å². The highest BCUT2D eigenvalue weighted by molar-refractivity contribution is 4.58. The SMILES string of the molecule is CC(C)CCCCCC(N)CO. The zero-order chi connectivity index (χ0) is 9.40. The monoisotopic (exact) mass is 173 g/mol. The summed E-state index contributed by atoms with van der Waals surface area (Å²) in [6.45, 7) is 4.63. The van der Waals surface area contributed by atoms with Crippen LogP contribution >= 0.6 is 0 Å². The molecule has 0 aliphatic heterocycles. The predicted molar refractivity (Wildman–Crippen MR) is 53.0 cm³/mol. The highest BCUT2D eigenvalue weighted by Crippen LogP contribution is 2.09. The third-order valence-electron chi connectivity index (χ3n) is 2.09. The van der Waals surface area contributed by atoms with Gasteiger partial charge >= 0.3 is 0 Å². The van der Waals surface area contributed by atoms with Crippen molar-refractivity contribution >= 4 is 0 Å². The van der Waals surface area contributed by atoms with Gasteiger partial charge in [0.15, 0.2) is 0 Å². The van der Waals surface area contributed by atoms with Crippen molar-refractivity contribution in [3.63, 3.8) is 0 Å². The van der Waals surface area contributed by atoms with E-state index in [0.717, 1.165) is 18.8 Å². The van der Waals surface area contributed by atoms with Crippen molar-refractivity contribution in [1.29, 1.82) is 0 Å². The summed E-state index contributed by atoms with van der Waals surface area (Å²) in [7, 11) is 0. The van der Waals surface area contributed by atoms with E-state index in [-0.39, 0.29) is 12.6 Å². The zero-order valence-corrected chi connectivity index (χ0v) is 8.42. The lowest BCUT2D eigenvalue weighted by Crippen LogP contribution is -2.23. The Kier molecular flexibility index (Phi) is 7.51. The normalized spacial score (nSPS) is 13.8. The molecule has 12 heavy (non-hydrogen) atoms. The summed E-state index contributed by atoms with van der Waals surface area (Å²) < 4.78 is 0. The fourth-order valence-electron chi connectivity index (χ4n) is 1.23. The van der Waals surface area contributed by atoms with Crippen LogP contribution in [0.3, 0.4) is 0 Å². The minimum Gasteiger partial charge on any atom is -0.395 e. The zero-order valence-electron chi connectivity index (χ0n) is 8.42. The third kappa shape index (κ3) is 8.02. The topological polar surface area (TPSA) is 46.2 Å². The highest BCUT2D eigenvalue weighted by Gasteiger charge is 1.99. The summed E-state index contributed by atoms with van der Waals surface area (Å²) in [5.74, 6) is 0.816. The second kappa shape index (κ2) is 7.56. The van der Waals surface area contributed by atoms with Gasteiger partial charge in [-0.25, -0.2) is 0 Å². The van der Waals surface area contributed by atoms with E-state index in [1.54, 1.807) is 0 Å². The molecule has 3 N–H and O–H groups in total. The number of unbranched alkanes of at least 4 members (excludes halogenated alkanes) is 2. The summed E-state index contributed by atoms with van der Waals surface area (Å²) in [5.41, 5.74) is 5.56. The van der Waals surface area contributed by atoms with E-state index in [1.165, 1.54) is 19.3 Å². The van der Waals surface area contributed by atoms with Crippen molar-refractivity contribution in [3.05, 3.63) is 0 Å². The second-order valence-corrected chi connectivity index (χ2v) is 3.97. The molecule has 0 spiro atoms. The minimum atomic E-state index is 0.00375. The Morgan fingerprint density at radius 2 is 1.67 bits per heavy atom. The molecule has 0 rings (SSSR count). The van der Waals surface area contributed by atoms with E-state index in [0.29, 0.717) is 0 Å².